The zero-order chi connectivity index (χ0) is 15.6. The predicted octanol–water partition coefficient (Wildman–Crippen LogP) is 3.51. The summed E-state index contributed by atoms with van der Waals surface area (Å²) in [6.07, 6.45) is 7.91. The lowest BCUT2D eigenvalue weighted by Crippen LogP contribution is -2.35. The number of piperidine rings is 1. The van der Waals surface area contributed by atoms with Crippen LogP contribution < -0.4 is 10.6 Å². The van der Waals surface area contributed by atoms with Gasteiger partial charge in [0.05, 0.1) is 0 Å². The Labute approximate surface area is 125 Å². The SMILES string of the molecule is C=CCCC(C)(C)C1CCNCC1.CC(C)(C)NC=O. The molecule has 1 aliphatic heterocycles. The lowest BCUT2D eigenvalue weighted by molar-refractivity contribution is -0.110. The summed E-state index contributed by atoms with van der Waals surface area (Å²) < 4.78 is 0. The van der Waals surface area contributed by atoms with Crippen LogP contribution >= 0.6 is 0 Å². The molecule has 0 bridgehead atoms. The molecule has 0 aromatic carbocycles. The third-order valence-electron chi connectivity index (χ3n) is 3.93. The van der Waals surface area contributed by atoms with Gasteiger partial charge < -0.3 is 10.6 Å². The fraction of sp³-hybridized carbons (Fsp3) is 0.824. The normalized spacial score (nSPS) is 16.9. The Balaban J connectivity index is 0.000000441. The Morgan fingerprint density at radius 1 is 1.20 bits per heavy atom. The molecule has 118 valence electrons. The second kappa shape index (κ2) is 9.17. The van der Waals surface area contributed by atoms with Crippen molar-refractivity contribution in [3.05, 3.63) is 12.7 Å². The lowest BCUT2D eigenvalue weighted by Gasteiger charge is -2.37. The summed E-state index contributed by atoms with van der Waals surface area (Å²) in [6, 6.07) is 0. The fourth-order valence-corrected chi connectivity index (χ4v) is 2.46. The van der Waals surface area contributed by atoms with Gasteiger partial charge in [0.2, 0.25) is 6.41 Å². The van der Waals surface area contributed by atoms with Gasteiger partial charge in [-0.1, -0.05) is 19.9 Å². The first-order valence-electron chi connectivity index (χ1n) is 7.76. The van der Waals surface area contributed by atoms with Gasteiger partial charge >= 0.3 is 0 Å². The van der Waals surface area contributed by atoms with Crippen molar-refractivity contribution >= 4 is 6.41 Å². The van der Waals surface area contributed by atoms with Gasteiger partial charge in [-0.25, -0.2) is 0 Å². The van der Waals surface area contributed by atoms with Crippen LogP contribution in [0.3, 0.4) is 0 Å². The van der Waals surface area contributed by atoms with E-state index in [1.165, 1.54) is 32.4 Å². The molecule has 0 aliphatic carbocycles. The van der Waals surface area contributed by atoms with Crippen molar-refractivity contribution in [2.24, 2.45) is 11.3 Å². The molecular weight excluding hydrogens is 248 g/mol. The van der Waals surface area contributed by atoms with Gasteiger partial charge in [-0.15, -0.1) is 6.58 Å². The number of allylic oxidation sites excluding steroid dienone is 1. The first-order chi connectivity index (χ1) is 9.23. The highest BCUT2D eigenvalue weighted by atomic mass is 16.1. The van der Waals surface area contributed by atoms with Crippen LogP contribution in [0.15, 0.2) is 12.7 Å². The van der Waals surface area contributed by atoms with Crippen LogP contribution in [-0.4, -0.2) is 25.0 Å². The topological polar surface area (TPSA) is 41.1 Å². The first-order valence-corrected chi connectivity index (χ1v) is 7.76. The second-order valence-corrected chi connectivity index (χ2v) is 7.35. The molecule has 0 aromatic heterocycles. The monoisotopic (exact) mass is 282 g/mol. The Bertz CT molecular complexity index is 273. The fourth-order valence-electron chi connectivity index (χ4n) is 2.46. The van der Waals surface area contributed by atoms with E-state index < -0.39 is 0 Å². The standard InChI is InChI=1S/C12H23N.C5H11NO/c1-4-5-8-12(2,3)11-6-9-13-10-7-11;1-5(2,3)6-4-7/h4,11,13H,1,5-10H2,2-3H3;4H,1-3H3,(H,6,7). The van der Waals surface area contributed by atoms with Gasteiger partial charge in [-0.3, -0.25) is 4.79 Å². The van der Waals surface area contributed by atoms with Crippen molar-refractivity contribution in [1.82, 2.24) is 10.6 Å². The van der Waals surface area contributed by atoms with Crippen LogP contribution in [-0.2, 0) is 4.79 Å². The van der Waals surface area contributed by atoms with Crippen LogP contribution in [0.4, 0.5) is 0 Å². The van der Waals surface area contributed by atoms with Crippen molar-refractivity contribution in [2.45, 2.75) is 65.8 Å². The highest BCUT2D eigenvalue weighted by molar-refractivity contribution is 5.47. The molecule has 0 radical (unpaired) electrons. The molecule has 1 rings (SSSR count). The molecule has 0 saturated carbocycles. The van der Waals surface area contributed by atoms with E-state index in [0.717, 1.165) is 12.3 Å². The van der Waals surface area contributed by atoms with Crippen LogP contribution in [0, 0.1) is 11.3 Å². The third-order valence-corrected chi connectivity index (χ3v) is 3.93. The molecular formula is C17H34N2O. The minimum absolute atomic E-state index is 0.0677. The van der Waals surface area contributed by atoms with Crippen molar-refractivity contribution in [1.29, 1.82) is 0 Å². The van der Waals surface area contributed by atoms with Crippen LogP contribution in [0.25, 0.3) is 0 Å². The Hall–Kier alpha value is -0.830. The maximum atomic E-state index is 9.71. The zero-order valence-corrected chi connectivity index (χ0v) is 14.1. The summed E-state index contributed by atoms with van der Waals surface area (Å²) >= 11 is 0. The van der Waals surface area contributed by atoms with Crippen molar-refractivity contribution in [2.75, 3.05) is 13.1 Å². The number of carbonyl (C=O) groups is 1. The summed E-state index contributed by atoms with van der Waals surface area (Å²) in [6.45, 7) is 16.8. The largest absolute Gasteiger partial charge is 0.354 e. The predicted molar refractivity (Wildman–Crippen MR) is 87.8 cm³/mol. The maximum Gasteiger partial charge on any atom is 0.207 e. The maximum absolute atomic E-state index is 9.71. The molecule has 1 saturated heterocycles. The van der Waals surface area contributed by atoms with Crippen LogP contribution in [0.2, 0.25) is 0 Å². The molecule has 1 amide bonds. The van der Waals surface area contributed by atoms with E-state index in [1.54, 1.807) is 0 Å². The average molecular weight is 282 g/mol. The minimum Gasteiger partial charge on any atom is -0.354 e. The highest BCUT2D eigenvalue weighted by Crippen LogP contribution is 2.37. The molecule has 1 fully saturated rings. The number of hydrogen-bond donors (Lipinski definition) is 2. The van der Waals surface area contributed by atoms with Gasteiger partial charge in [0, 0.05) is 5.54 Å². The molecule has 0 unspecified atom stereocenters. The zero-order valence-electron chi connectivity index (χ0n) is 14.1. The van der Waals surface area contributed by atoms with Gasteiger partial charge in [0.1, 0.15) is 0 Å². The molecule has 3 nitrogen and oxygen atoms in total. The Morgan fingerprint density at radius 3 is 2.10 bits per heavy atom. The highest BCUT2D eigenvalue weighted by Gasteiger charge is 2.29. The summed E-state index contributed by atoms with van der Waals surface area (Å²) in [5.74, 6) is 0.911. The van der Waals surface area contributed by atoms with Gasteiger partial charge in [0.25, 0.3) is 0 Å². The molecule has 3 heteroatoms. The van der Waals surface area contributed by atoms with Crippen molar-refractivity contribution in [3.8, 4) is 0 Å². The summed E-state index contributed by atoms with van der Waals surface area (Å²) in [5, 5.41) is 6.03. The number of hydrogen-bond acceptors (Lipinski definition) is 2. The smallest absolute Gasteiger partial charge is 0.207 e. The molecule has 1 heterocycles. The summed E-state index contributed by atoms with van der Waals surface area (Å²) in [5.41, 5.74) is 0.442. The Kier molecular flexibility index (Phi) is 8.79. The number of nitrogens with one attached hydrogen (secondary N) is 2. The third kappa shape index (κ3) is 9.13. The van der Waals surface area contributed by atoms with E-state index in [0.29, 0.717) is 11.8 Å². The summed E-state index contributed by atoms with van der Waals surface area (Å²) in [7, 11) is 0. The molecule has 20 heavy (non-hydrogen) atoms. The van der Waals surface area contributed by atoms with Gasteiger partial charge in [-0.05, 0) is 70.9 Å². The molecule has 1 aliphatic rings. The van der Waals surface area contributed by atoms with Gasteiger partial charge in [0.15, 0.2) is 0 Å². The van der Waals surface area contributed by atoms with Crippen molar-refractivity contribution < 1.29 is 4.79 Å². The van der Waals surface area contributed by atoms with E-state index in [4.69, 9.17) is 0 Å². The van der Waals surface area contributed by atoms with E-state index in [2.05, 4.69) is 31.1 Å². The number of rotatable bonds is 5. The lowest BCUT2D eigenvalue weighted by atomic mass is 9.71. The van der Waals surface area contributed by atoms with Gasteiger partial charge in [-0.2, -0.15) is 0 Å². The average Bonchev–Trinajstić information content (AvgIpc) is 2.37. The molecule has 0 spiro atoms. The van der Waals surface area contributed by atoms with Crippen molar-refractivity contribution in [3.63, 3.8) is 0 Å². The van der Waals surface area contributed by atoms with Crippen LogP contribution in [0.1, 0.15) is 60.3 Å². The summed E-state index contributed by atoms with van der Waals surface area (Å²) in [4.78, 5) is 9.71. The number of carbonyl (C=O) groups excluding carboxylic acids is 1. The molecule has 0 atom stereocenters. The van der Waals surface area contributed by atoms with E-state index in [-0.39, 0.29) is 5.54 Å². The number of amides is 1. The first kappa shape index (κ1) is 19.2. The minimum atomic E-state index is -0.0677. The quantitative estimate of drug-likeness (QED) is 0.598. The van der Waals surface area contributed by atoms with E-state index in [9.17, 15) is 4.79 Å². The van der Waals surface area contributed by atoms with E-state index in [1.807, 2.05) is 26.8 Å². The molecule has 2 N–H and O–H groups in total. The second-order valence-electron chi connectivity index (χ2n) is 7.35. The van der Waals surface area contributed by atoms with Crippen LogP contribution in [0.5, 0.6) is 0 Å². The van der Waals surface area contributed by atoms with E-state index >= 15 is 0 Å². The molecule has 0 aromatic rings. The Morgan fingerprint density at radius 2 is 1.75 bits per heavy atom.